The molecule has 1 aliphatic heterocycles. The second kappa shape index (κ2) is 14.3. The number of carbonyl (C=O) groups is 2. The Kier molecular flexibility index (Phi) is 10.2. The number of benzene rings is 1. The molecule has 0 N–H and O–H groups in total. The summed E-state index contributed by atoms with van der Waals surface area (Å²) in [6, 6.07) is 11.1. The minimum Gasteiger partial charge on any atom is -0.489 e. The first-order valence-corrected chi connectivity index (χ1v) is 18.1. The Labute approximate surface area is 299 Å². The molecule has 0 radical (unpaired) electrons. The molecule has 4 heterocycles. The summed E-state index contributed by atoms with van der Waals surface area (Å²) in [6.07, 6.45) is -0.449. The molecule has 9 nitrogen and oxygen atoms in total. The number of alkyl halides is 3. The number of halogens is 3. The van der Waals surface area contributed by atoms with Gasteiger partial charge in [0, 0.05) is 23.5 Å². The summed E-state index contributed by atoms with van der Waals surface area (Å²) >= 11 is 1.55. The molecule has 272 valence electrons. The zero-order chi connectivity index (χ0) is 36.7. The molecule has 1 amide bonds. The van der Waals surface area contributed by atoms with Crippen LogP contribution in [0.3, 0.4) is 0 Å². The number of amides is 1. The van der Waals surface area contributed by atoms with Gasteiger partial charge < -0.3 is 19.1 Å². The van der Waals surface area contributed by atoms with Gasteiger partial charge in [-0.3, -0.25) is 0 Å². The third kappa shape index (κ3) is 8.08. The molecule has 0 spiro atoms. The molecule has 3 aromatic heterocycles. The number of rotatable bonds is 9. The molecule has 1 saturated heterocycles. The molecule has 6 rings (SSSR count). The fraction of sp³-hybridized carbons (Fsp3) is 0.474. The molecule has 2 fully saturated rings. The molecule has 0 unspecified atom stereocenters. The summed E-state index contributed by atoms with van der Waals surface area (Å²) in [6.45, 7) is 12.7. The third-order valence-corrected chi connectivity index (χ3v) is 10.3. The standard InChI is InChI=1S/C38H43F3N4O5S/c1-7-48-35(46)27-20-42-45(34(27)38(39,40)41)31-10-8-9-29(43-31)33-28(32(23(3)51-33)25-11-12-25)21-49-30-14-13-26(19-22(30)2)24-15-17-44(18-16-24)36(47)50-37(4,5)6/h8-10,13-14,19-20,24-25H,7,11-12,15-18,21H2,1-6H3. The van der Waals surface area contributed by atoms with E-state index in [-0.39, 0.29) is 25.1 Å². The molecule has 51 heavy (non-hydrogen) atoms. The zero-order valence-electron chi connectivity index (χ0n) is 29.7. The number of hydrogen-bond donors (Lipinski definition) is 0. The van der Waals surface area contributed by atoms with Crippen molar-refractivity contribution in [1.29, 1.82) is 0 Å². The summed E-state index contributed by atoms with van der Waals surface area (Å²) in [5.74, 6) is 0.317. The number of pyridine rings is 1. The molecular formula is C38H43F3N4O5S. The molecule has 1 saturated carbocycles. The Hall–Kier alpha value is -4.39. The monoisotopic (exact) mass is 724 g/mol. The van der Waals surface area contributed by atoms with Crippen LogP contribution >= 0.6 is 11.3 Å². The van der Waals surface area contributed by atoms with Crippen LogP contribution in [0.1, 0.15) is 108 Å². The number of aryl methyl sites for hydroxylation is 2. The lowest BCUT2D eigenvalue weighted by Gasteiger charge is -2.33. The third-order valence-electron chi connectivity index (χ3n) is 9.13. The maximum Gasteiger partial charge on any atom is 0.434 e. The fourth-order valence-electron chi connectivity index (χ4n) is 6.64. The van der Waals surface area contributed by atoms with Crippen molar-refractivity contribution in [1.82, 2.24) is 19.7 Å². The first kappa shape index (κ1) is 36.4. The highest BCUT2D eigenvalue weighted by molar-refractivity contribution is 7.15. The summed E-state index contributed by atoms with van der Waals surface area (Å²) in [7, 11) is 0. The van der Waals surface area contributed by atoms with E-state index in [1.54, 1.807) is 28.4 Å². The van der Waals surface area contributed by atoms with E-state index in [2.05, 4.69) is 29.1 Å². The van der Waals surface area contributed by atoms with E-state index in [0.717, 1.165) is 58.5 Å². The normalized spacial score (nSPS) is 15.6. The van der Waals surface area contributed by atoms with Crippen LogP contribution in [0.4, 0.5) is 18.0 Å². The van der Waals surface area contributed by atoms with Crippen LogP contribution in [-0.4, -0.2) is 57.0 Å². The van der Waals surface area contributed by atoms with E-state index in [0.29, 0.717) is 35.3 Å². The van der Waals surface area contributed by atoms with Crippen molar-refractivity contribution in [2.45, 2.75) is 97.4 Å². The number of esters is 1. The van der Waals surface area contributed by atoms with Gasteiger partial charge in [0.15, 0.2) is 11.5 Å². The van der Waals surface area contributed by atoms with E-state index in [4.69, 9.17) is 14.2 Å². The van der Waals surface area contributed by atoms with Crippen LogP contribution in [0.2, 0.25) is 0 Å². The van der Waals surface area contributed by atoms with Crippen molar-refractivity contribution in [2.75, 3.05) is 19.7 Å². The predicted molar refractivity (Wildman–Crippen MR) is 188 cm³/mol. The number of aromatic nitrogens is 3. The van der Waals surface area contributed by atoms with Crippen molar-refractivity contribution in [3.63, 3.8) is 0 Å². The summed E-state index contributed by atoms with van der Waals surface area (Å²) in [4.78, 5) is 33.3. The summed E-state index contributed by atoms with van der Waals surface area (Å²) < 4.78 is 60.3. The van der Waals surface area contributed by atoms with Gasteiger partial charge in [0.2, 0.25) is 0 Å². The second-order valence-electron chi connectivity index (χ2n) is 14.1. The lowest BCUT2D eigenvalue weighted by Crippen LogP contribution is -2.41. The molecule has 4 aromatic rings. The first-order chi connectivity index (χ1) is 24.1. The fourth-order valence-corrected chi connectivity index (χ4v) is 7.86. The summed E-state index contributed by atoms with van der Waals surface area (Å²) in [5, 5.41) is 3.91. The van der Waals surface area contributed by atoms with Gasteiger partial charge in [-0.2, -0.15) is 18.3 Å². The number of ether oxygens (including phenoxy) is 3. The van der Waals surface area contributed by atoms with E-state index in [1.165, 1.54) is 24.1 Å². The number of thiophene rings is 1. The number of likely N-dealkylation sites (tertiary alicyclic amines) is 1. The lowest BCUT2D eigenvalue weighted by molar-refractivity contribution is -0.143. The topological polar surface area (TPSA) is 95.8 Å². The molecule has 0 atom stereocenters. The predicted octanol–water partition coefficient (Wildman–Crippen LogP) is 9.38. The quantitative estimate of drug-likeness (QED) is 0.159. The van der Waals surface area contributed by atoms with Gasteiger partial charge in [-0.05, 0) is 114 Å². The van der Waals surface area contributed by atoms with E-state index < -0.39 is 29.0 Å². The van der Waals surface area contributed by atoms with Gasteiger partial charge in [-0.25, -0.2) is 19.3 Å². The molecule has 2 aliphatic rings. The van der Waals surface area contributed by atoms with E-state index in [1.807, 2.05) is 33.8 Å². The number of hydrogen-bond acceptors (Lipinski definition) is 8. The second-order valence-corrected chi connectivity index (χ2v) is 15.4. The Morgan fingerprint density at radius 3 is 2.35 bits per heavy atom. The van der Waals surface area contributed by atoms with Gasteiger partial charge in [0.25, 0.3) is 0 Å². The van der Waals surface area contributed by atoms with E-state index >= 15 is 0 Å². The van der Waals surface area contributed by atoms with Crippen LogP contribution in [0.5, 0.6) is 5.75 Å². The van der Waals surface area contributed by atoms with E-state index in [9.17, 15) is 22.8 Å². The van der Waals surface area contributed by atoms with Gasteiger partial charge >= 0.3 is 18.2 Å². The molecule has 0 bridgehead atoms. The SMILES string of the molecule is CCOC(=O)c1cnn(-c2cccc(-c3sc(C)c(C4CC4)c3COc3ccc(C4CCN(C(=O)OC(C)(C)C)CC4)cc3C)n2)c1C(F)(F)F. The zero-order valence-corrected chi connectivity index (χ0v) is 30.5. The maximum absolute atomic E-state index is 14.3. The Morgan fingerprint density at radius 1 is 1.00 bits per heavy atom. The average Bonchev–Trinajstić information content (AvgIpc) is 3.69. The van der Waals surface area contributed by atoms with Crippen LogP contribution in [0, 0.1) is 13.8 Å². The lowest BCUT2D eigenvalue weighted by atomic mass is 9.88. The van der Waals surface area contributed by atoms with Crippen molar-refractivity contribution >= 4 is 23.4 Å². The van der Waals surface area contributed by atoms with Crippen LogP contribution in [0.25, 0.3) is 16.4 Å². The van der Waals surface area contributed by atoms with Crippen molar-refractivity contribution in [3.8, 4) is 22.1 Å². The molecule has 13 heteroatoms. The first-order valence-electron chi connectivity index (χ1n) is 17.3. The summed E-state index contributed by atoms with van der Waals surface area (Å²) in [5.41, 5.74) is 2.47. The van der Waals surface area contributed by atoms with Crippen molar-refractivity contribution in [3.05, 3.63) is 81.0 Å². The minimum atomic E-state index is -4.88. The highest BCUT2D eigenvalue weighted by Crippen LogP contribution is 2.49. The average molecular weight is 725 g/mol. The number of nitrogens with zero attached hydrogens (tertiary/aromatic N) is 4. The van der Waals surface area contributed by atoms with Crippen LogP contribution in [0.15, 0.2) is 42.6 Å². The molecule has 1 aliphatic carbocycles. The molecular weight excluding hydrogens is 682 g/mol. The molecule has 1 aromatic carbocycles. The Balaban J connectivity index is 1.23. The van der Waals surface area contributed by atoms with Crippen molar-refractivity contribution < 1.29 is 37.0 Å². The van der Waals surface area contributed by atoms with Crippen LogP contribution < -0.4 is 4.74 Å². The highest BCUT2D eigenvalue weighted by atomic mass is 32.1. The van der Waals surface area contributed by atoms with Gasteiger partial charge in [-0.1, -0.05) is 18.2 Å². The van der Waals surface area contributed by atoms with Gasteiger partial charge in [0.05, 0.1) is 23.4 Å². The van der Waals surface area contributed by atoms with Gasteiger partial charge in [-0.15, -0.1) is 11.3 Å². The minimum absolute atomic E-state index is 0.0652. The maximum atomic E-state index is 14.3. The highest BCUT2D eigenvalue weighted by Gasteiger charge is 2.41. The van der Waals surface area contributed by atoms with Crippen molar-refractivity contribution in [2.24, 2.45) is 0 Å². The smallest absolute Gasteiger partial charge is 0.434 e. The Morgan fingerprint density at radius 2 is 1.73 bits per heavy atom. The van der Waals surface area contributed by atoms with Gasteiger partial charge in [0.1, 0.15) is 23.5 Å². The largest absolute Gasteiger partial charge is 0.489 e. The van der Waals surface area contributed by atoms with Crippen LogP contribution in [-0.2, 0) is 22.3 Å². The Bertz CT molecular complexity index is 1920. The number of piperidine rings is 1. The number of carbonyl (C=O) groups excluding carboxylic acids is 2.